The summed E-state index contributed by atoms with van der Waals surface area (Å²) in [5.74, 6) is 0.919. The fourth-order valence-electron chi connectivity index (χ4n) is 4.06. The number of carbonyl (C=O) groups is 1. The van der Waals surface area contributed by atoms with E-state index in [1.807, 2.05) is 36.4 Å². The van der Waals surface area contributed by atoms with E-state index in [1.165, 1.54) is 5.56 Å². The number of rotatable bonds is 10. The average Bonchev–Trinajstić information content (AvgIpc) is 3.26. The van der Waals surface area contributed by atoms with E-state index in [0.717, 1.165) is 39.4 Å². The second-order valence-corrected chi connectivity index (χ2v) is 8.78. The number of nitrogens with zero attached hydrogens (tertiary/aromatic N) is 3. The standard InChI is InChI=1S/C29H32N4O3/c1-4-35-27(34)18-33-26(17-30)28(29(32-33)24-13-15-31-16-14-24)23-9-11-25(12-10-23)36-19-21-5-7-22(8-6-21)20(2)3/h5-16,20H,4,17-19,30H2,1-3H3. The summed E-state index contributed by atoms with van der Waals surface area (Å²) < 4.78 is 12.8. The zero-order valence-corrected chi connectivity index (χ0v) is 21.0. The van der Waals surface area contributed by atoms with Crippen molar-refractivity contribution < 1.29 is 14.3 Å². The highest BCUT2D eigenvalue weighted by molar-refractivity contribution is 5.83. The van der Waals surface area contributed by atoms with Gasteiger partial charge in [-0.1, -0.05) is 50.2 Å². The topological polar surface area (TPSA) is 92.3 Å². The first-order valence-electron chi connectivity index (χ1n) is 12.2. The van der Waals surface area contributed by atoms with Crippen LogP contribution >= 0.6 is 0 Å². The first kappa shape index (κ1) is 25.1. The highest BCUT2D eigenvalue weighted by atomic mass is 16.5. The van der Waals surface area contributed by atoms with Gasteiger partial charge in [-0.15, -0.1) is 0 Å². The monoisotopic (exact) mass is 484 g/mol. The zero-order valence-electron chi connectivity index (χ0n) is 21.0. The molecule has 0 amide bonds. The van der Waals surface area contributed by atoms with E-state index >= 15 is 0 Å². The van der Waals surface area contributed by atoms with Gasteiger partial charge in [-0.05, 0) is 53.8 Å². The highest BCUT2D eigenvalue weighted by Gasteiger charge is 2.21. The number of pyridine rings is 1. The van der Waals surface area contributed by atoms with Crippen molar-refractivity contribution in [2.24, 2.45) is 5.73 Å². The molecular formula is C29H32N4O3. The lowest BCUT2D eigenvalue weighted by Gasteiger charge is -2.11. The number of ether oxygens (including phenoxy) is 2. The van der Waals surface area contributed by atoms with Crippen molar-refractivity contribution in [1.29, 1.82) is 0 Å². The van der Waals surface area contributed by atoms with Crippen LogP contribution in [0.3, 0.4) is 0 Å². The number of carbonyl (C=O) groups excluding carboxylic acids is 1. The second-order valence-electron chi connectivity index (χ2n) is 8.78. The maximum Gasteiger partial charge on any atom is 0.327 e. The Hall–Kier alpha value is -3.97. The molecule has 36 heavy (non-hydrogen) atoms. The Morgan fingerprint density at radius 1 is 0.972 bits per heavy atom. The van der Waals surface area contributed by atoms with Crippen LogP contribution in [-0.4, -0.2) is 27.3 Å². The van der Waals surface area contributed by atoms with Gasteiger partial charge < -0.3 is 15.2 Å². The smallest absolute Gasteiger partial charge is 0.327 e. The molecule has 186 valence electrons. The molecule has 0 unspecified atom stereocenters. The molecule has 2 aromatic heterocycles. The van der Waals surface area contributed by atoms with Crippen molar-refractivity contribution >= 4 is 5.97 Å². The molecule has 0 atom stereocenters. The molecule has 0 aliphatic rings. The normalized spacial score (nSPS) is 11.0. The number of esters is 1. The Morgan fingerprint density at radius 2 is 1.67 bits per heavy atom. The predicted molar refractivity (Wildman–Crippen MR) is 140 cm³/mol. The molecule has 4 aromatic rings. The Balaban J connectivity index is 1.61. The Labute approximate surface area is 211 Å². The molecule has 0 saturated heterocycles. The van der Waals surface area contributed by atoms with Gasteiger partial charge in [-0.25, -0.2) is 0 Å². The molecule has 2 N–H and O–H groups in total. The van der Waals surface area contributed by atoms with Crippen molar-refractivity contribution in [1.82, 2.24) is 14.8 Å². The third-order valence-corrected chi connectivity index (χ3v) is 5.98. The van der Waals surface area contributed by atoms with E-state index in [4.69, 9.17) is 20.3 Å². The Kier molecular flexibility index (Phi) is 8.13. The number of benzene rings is 2. The molecule has 0 aliphatic carbocycles. The van der Waals surface area contributed by atoms with Crippen LogP contribution in [0.1, 0.15) is 43.5 Å². The van der Waals surface area contributed by atoms with Crippen molar-refractivity contribution in [2.75, 3.05) is 6.61 Å². The van der Waals surface area contributed by atoms with Crippen LogP contribution in [0.25, 0.3) is 22.4 Å². The Bertz CT molecular complexity index is 1280. The van der Waals surface area contributed by atoms with Gasteiger partial charge in [0.25, 0.3) is 0 Å². The summed E-state index contributed by atoms with van der Waals surface area (Å²) in [6.07, 6.45) is 3.44. The zero-order chi connectivity index (χ0) is 25.5. The summed E-state index contributed by atoms with van der Waals surface area (Å²) in [5.41, 5.74) is 12.8. The molecule has 2 heterocycles. The largest absolute Gasteiger partial charge is 0.489 e. The van der Waals surface area contributed by atoms with Crippen LogP contribution in [0, 0.1) is 0 Å². The van der Waals surface area contributed by atoms with Crippen molar-refractivity contribution in [3.05, 3.63) is 89.9 Å². The van der Waals surface area contributed by atoms with E-state index in [0.29, 0.717) is 19.1 Å². The SMILES string of the molecule is CCOC(=O)Cn1nc(-c2ccncc2)c(-c2ccc(OCc3ccc(C(C)C)cc3)cc2)c1CN. The predicted octanol–water partition coefficient (Wildman–Crippen LogP) is 5.34. The number of aromatic nitrogens is 3. The molecule has 0 bridgehead atoms. The quantitative estimate of drug-likeness (QED) is 0.306. The molecule has 2 aromatic carbocycles. The minimum atomic E-state index is -0.354. The third kappa shape index (κ3) is 5.80. The van der Waals surface area contributed by atoms with Gasteiger partial charge in [0.15, 0.2) is 0 Å². The molecule has 0 aliphatic heterocycles. The first-order chi connectivity index (χ1) is 17.5. The minimum Gasteiger partial charge on any atom is -0.489 e. The molecule has 7 nitrogen and oxygen atoms in total. The highest BCUT2D eigenvalue weighted by Crippen LogP contribution is 2.35. The van der Waals surface area contributed by atoms with Crippen molar-refractivity contribution in [3.8, 4) is 28.1 Å². The number of hydrogen-bond donors (Lipinski definition) is 1. The molecule has 7 heteroatoms. The van der Waals surface area contributed by atoms with Crippen LogP contribution in [0.2, 0.25) is 0 Å². The molecule has 0 fully saturated rings. The summed E-state index contributed by atoms with van der Waals surface area (Å²) in [6.45, 7) is 7.17. The molecule has 0 radical (unpaired) electrons. The van der Waals surface area contributed by atoms with E-state index in [1.54, 1.807) is 24.0 Å². The maximum absolute atomic E-state index is 12.2. The van der Waals surface area contributed by atoms with E-state index in [-0.39, 0.29) is 19.1 Å². The van der Waals surface area contributed by atoms with Crippen molar-refractivity contribution in [2.45, 2.75) is 46.4 Å². The summed E-state index contributed by atoms with van der Waals surface area (Å²) in [7, 11) is 0. The van der Waals surface area contributed by atoms with Gasteiger partial charge in [0.2, 0.25) is 0 Å². The lowest BCUT2D eigenvalue weighted by atomic mass is 9.99. The van der Waals surface area contributed by atoms with E-state index in [9.17, 15) is 4.79 Å². The van der Waals surface area contributed by atoms with Gasteiger partial charge in [-0.3, -0.25) is 14.5 Å². The minimum absolute atomic E-state index is 0.00471. The molecule has 0 saturated carbocycles. The fourth-order valence-corrected chi connectivity index (χ4v) is 4.06. The average molecular weight is 485 g/mol. The summed E-state index contributed by atoms with van der Waals surface area (Å²) in [5, 5.41) is 4.74. The summed E-state index contributed by atoms with van der Waals surface area (Å²) in [6, 6.07) is 20.2. The Morgan fingerprint density at radius 3 is 2.28 bits per heavy atom. The van der Waals surface area contributed by atoms with E-state index in [2.05, 4.69) is 43.1 Å². The van der Waals surface area contributed by atoms with Gasteiger partial charge in [0.05, 0.1) is 12.3 Å². The number of nitrogens with two attached hydrogens (primary N) is 1. The summed E-state index contributed by atoms with van der Waals surface area (Å²) in [4.78, 5) is 16.3. The summed E-state index contributed by atoms with van der Waals surface area (Å²) >= 11 is 0. The molecular weight excluding hydrogens is 452 g/mol. The van der Waals surface area contributed by atoms with Gasteiger partial charge >= 0.3 is 5.97 Å². The van der Waals surface area contributed by atoms with Gasteiger partial charge in [0, 0.05) is 30.1 Å². The maximum atomic E-state index is 12.2. The fraction of sp³-hybridized carbons (Fsp3) is 0.276. The number of hydrogen-bond acceptors (Lipinski definition) is 6. The van der Waals surface area contributed by atoms with E-state index < -0.39 is 0 Å². The van der Waals surface area contributed by atoms with Crippen LogP contribution in [0.4, 0.5) is 0 Å². The lowest BCUT2D eigenvalue weighted by molar-refractivity contribution is -0.144. The molecule has 4 rings (SSSR count). The molecule has 0 spiro atoms. The van der Waals surface area contributed by atoms with Crippen LogP contribution in [-0.2, 0) is 29.2 Å². The third-order valence-electron chi connectivity index (χ3n) is 5.98. The van der Waals surface area contributed by atoms with Gasteiger partial charge in [0.1, 0.15) is 24.6 Å². The first-order valence-corrected chi connectivity index (χ1v) is 12.2. The van der Waals surface area contributed by atoms with Crippen molar-refractivity contribution in [3.63, 3.8) is 0 Å². The van der Waals surface area contributed by atoms with Crippen LogP contribution in [0.15, 0.2) is 73.1 Å². The second kappa shape index (κ2) is 11.6. The van der Waals surface area contributed by atoms with Gasteiger partial charge in [-0.2, -0.15) is 5.10 Å². The van der Waals surface area contributed by atoms with Crippen LogP contribution in [0.5, 0.6) is 5.75 Å². The van der Waals surface area contributed by atoms with Crippen LogP contribution < -0.4 is 10.5 Å². The lowest BCUT2D eigenvalue weighted by Crippen LogP contribution is -2.18.